The van der Waals surface area contributed by atoms with Crippen LogP contribution in [0.1, 0.15) is 12.5 Å². The SMILES string of the molecule is CC(=O)Nc1ccc(-c2csc3nc(NC(=O)/C=C/c4ccc(Cl)cc4)nn23)cc1. The Balaban J connectivity index is 1.49. The highest BCUT2D eigenvalue weighted by Gasteiger charge is 2.12. The van der Waals surface area contributed by atoms with Gasteiger partial charge in [-0.15, -0.1) is 16.4 Å². The molecule has 0 spiro atoms. The van der Waals surface area contributed by atoms with Gasteiger partial charge in [0.25, 0.3) is 11.9 Å². The molecule has 2 aromatic heterocycles. The zero-order valence-corrected chi connectivity index (χ0v) is 17.4. The van der Waals surface area contributed by atoms with Crippen molar-refractivity contribution in [2.75, 3.05) is 10.6 Å². The Kier molecular flexibility index (Phi) is 5.60. The Hall–Kier alpha value is -3.49. The molecule has 4 rings (SSSR count). The van der Waals surface area contributed by atoms with Gasteiger partial charge in [0.1, 0.15) is 0 Å². The Labute approximate surface area is 181 Å². The first-order valence-electron chi connectivity index (χ1n) is 8.95. The van der Waals surface area contributed by atoms with E-state index in [1.165, 1.54) is 24.3 Å². The third-order valence-corrected chi connectivity index (χ3v) is 5.18. The van der Waals surface area contributed by atoms with E-state index in [0.29, 0.717) is 9.98 Å². The molecule has 2 aromatic carbocycles. The second-order valence-electron chi connectivity index (χ2n) is 6.38. The largest absolute Gasteiger partial charge is 0.326 e. The van der Waals surface area contributed by atoms with Gasteiger partial charge in [0.15, 0.2) is 0 Å². The summed E-state index contributed by atoms with van der Waals surface area (Å²) in [7, 11) is 0. The van der Waals surface area contributed by atoms with Crippen molar-refractivity contribution >= 4 is 57.4 Å². The molecule has 4 aromatic rings. The summed E-state index contributed by atoms with van der Waals surface area (Å²) in [6.07, 6.45) is 3.10. The molecule has 0 aliphatic carbocycles. The summed E-state index contributed by atoms with van der Waals surface area (Å²) in [4.78, 5) is 28.4. The molecular weight excluding hydrogens is 422 g/mol. The van der Waals surface area contributed by atoms with E-state index < -0.39 is 0 Å². The highest BCUT2D eigenvalue weighted by molar-refractivity contribution is 7.15. The van der Waals surface area contributed by atoms with Gasteiger partial charge in [-0.2, -0.15) is 4.98 Å². The van der Waals surface area contributed by atoms with E-state index in [0.717, 1.165) is 22.5 Å². The summed E-state index contributed by atoms with van der Waals surface area (Å²) in [5, 5.41) is 12.4. The third-order valence-electron chi connectivity index (χ3n) is 4.11. The van der Waals surface area contributed by atoms with Crippen molar-refractivity contribution < 1.29 is 9.59 Å². The summed E-state index contributed by atoms with van der Waals surface area (Å²) >= 11 is 7.28. The summed E-state index contributed by atoms with van der Waals surface area (Å²) in [6, 6.07) is 14.6. The Bertz CT molecular complexity index is 1240. The molecule has 2 N–H and O–H groups in total. The number of nitrogens with zero attached hydrogens (tertiary/aromatic N) is 3. The predicted octanol–water partition coefficient (Wildman–Crippen LogP) is 4.72. The zero-order chi connectivity index (χ0) is 21.1. The molecule has 0 atom stereocenters. The van der Waals surface area contributed by atoms with Gasteiger partial charge in [0.2, 0.25) is 10.9 Å². The van der Waals surface area contributed by atoms with E-state index in [2.05, 4.69) is 20.7 Å². The summed E-state index contributed by atoms with van der Waals surface area (Å²) in [6.45, 7) is 1.46. The second-order valence-corrected chi connectivity index (χ2v) is 7.66. The number of carbonyl (C=O) groups excluding carboxylic acids is 2. The van der Waals surface area contributed by atoms with Crippen LogP contribution in [-0.2, 0) is 9.59 Å². The van der Waals surface area contributed by atoms with Crippen LogP contribution in [0.25, 0.3) is 22.3 Å². The number of carbonyl (C=O) groups is 2. The molecule has 0 unspecified atom stereocenters. The lowest BCUT2D eigenvalue weighted by atomic mass is 10.1. The second kappa shape index (κ2) is 8.48. The minimum Gasteiger partial charge on any atom is -0.326 e. The number of fused-ring (bicyclic) bond motifs is 1. The van der Waals surface area contributed by atoms with E-state index in [1.54, 1.807) is 22.7 Å². The van der Waals surface area contributed by atoms with Crippen molar-refractivity contribution in [3.8, 4) is 11.3 Å². The number of benzene rings is 2. The summed E-state index contributed by atoms with van der Waals surface area (Å²) in [5.41, 5.74) is 3.34. The van der Waals surface area contributed by atoms with Gasteiger partial charge in [-0.25, -0.2) is 4.52 Å². The topological polar surface area (TPSA) is 88.4 Å². The number of amides is 2. The average Bonchev–Trinajstić information content (AvgIpc) is 3.28. The van der Waals surface area contributed by atoms with Crippen LogP contribution in [0.4, 0.5) is 11.6 Å². The molecule has 0 bridgehead atoms. The van der Waals surface area contributed by atoms with Gasteiger partial charge >= 0.3 is 0 Å². The van der Waals surface area contributed by atoms with E-state index in [-0.39, 0.29) is 17.8 Å². The molecule has 150 valence electrons. The fraction of sp³-hybridized carbons (Fsp3) is 0.0476. The molecular formula is C21H16ClN5O2S. The smallest absolute Gasteiger partial charge is 0.250 e. The Morgan fingerprint density at radius 1 is 1.07 bits per heavy atom. The van der Waals surface area contributed by atoms with E-state index in [1.807, 2.05) is 41.8 Å². The van der Waals surface area contributed by atoms with E-state index >= 15 is 0 Å². The highest BCUT2D eigenvalue weighted by Crippen LogP contribution is 2.27. The van der Waals surface area contributed by atoms with Gasteiger partial charge < -0.3 is 5.32 Å². The lowest BCUT2D eigenvalue weighted by molar-refractivity contribution is -0.114. The molecule has 2 heterocycles. The molecule has 30 heavy (non-hydrogen) atoms. The fourth-order valence-corrected chi connectivity index (χ4v) is 3.72. The highest BCUT2D eigenvalue weighted by atomic mass is 35.5. The fourth-order valence-electron chi connectivity index (χ4n) is 2.76. The molecule has 0 saturated carbocycles. The molecule has 0 aliphatic heterocycles. The van der Waals surface area contributed by atoms with Crippen LogP contribution < -0.4 is 10.6 Å². The molecule has 7 nitrogen and oxygen atoms in total. The molecule has 9 heteroatoms. The van der Waals surface area contributed by atoms with Crippen LogP contribution in [-0.4, -0.2) is 26.4 Å². The zero-order valence-electron chi connectivity index (χ0n) is 15.8. The lowest BCUT2D eigenvalue weighted by Crippen LogP contribution is -2.09. The maximum Gasteiger partial charge on any atom is 0.250 e. The van der Waals surface area contributed by atoms with Crippen LogP contribution in [0.15, 0.2) is 60.0 Å². The average molecular weight is 438 g/mol. The van der Waals surface area contributed by atoms with Crippen LogP contribution in [0.3, 0.4) is 0 Å². The van der Waals surface area contributed by atoms with Crippen molar-refractivity contribution in [3.05, 3.63) is 70.6 Å². The first-order valence-corrected chi connectivity index (χ1v) is 10.2. The van der Waals surface area contributed by atoms with Crippen LogP contribution in [0.2, 0.25) is 5.02 Å². The van der Waals surface area contributed by atoms with Crippen LogP contribution in [0, 0.1) is 0 Å². The standard InChI is InChI=1S/C21H16ClN5O2S/c1-13(28)23-17-9-5-15(6-10-17)18-12-30-21-25-20(26-27(18)21)24-19(29)11-4-14-2-7-16(22)8-3-14/h2-12H,1H3,(H,23,28)(H,24,26,29)/b11-4+. The van der Waals surface area contributed by atoms with Crippen LogP contribution in [0.5, 0.6) is 0 Å². The maximum atomic E-state index is 12.2. The normalized spacial score (nSPS) is 11.1. The lowest BCUT2D eigenvalue weighted by Gasteiger charge is -2.03. The third kappa shape index (κ3) is 4.56. The number of halogens is 1. The van der Waals surface area contributed by atoms with Crippen LogP contribution >= 0.6 is 22.9 Å². The minimum atomic E-state index is -0.329. The maximum absolute atomic E-state index is 12.2. The number of thiazole rings is 1. The van der Waals surface area contributed by atoms with Gasteiger partial charge in [-0.3, -0.25) is 14.9 Å². The number of anilines is 2. The number of nitrogens with one attached hydrogen (secondary N) is 2. The number of rotatable bonds is 5. The van der Waals surface area contributed by atoms with Crippen molar-refractivity contribution in [1.82, 2.24) is 14.6 Å². The van der Waals surface area contributed by atoms with E-state index in [9.17, 15) is 9.59 Å². The van der Waals surface area contributed by atoms with Crippen molar-refractivity contribution in [2.24, 2.45) is 0 Å². The van der Waals surface area contributed by atoms with Gasteiger partial charge in [0, 0.05) is 34.7 Å². The summed E-state index contributed by atoms with van der Waals surface area (Å²) < 4.78 is 1.68. The van der Waals surface area contributed by atoms with E-state index in [4.69, 9.17) is 11.6 Å². The van der Waals surface area contributed by atoms with Crippen molar-refractivity contribution in [2.45, 2.75) is 6.92 Å². The minimum absolute atomic E-state index is 0.123. The summed E-state index contributed by atoms with van der Waals surface area (Å²) in [5.74, 6) is -0.226. The van der Waals surface area contributed by atoms with Crippen molar-refractivity contribution in [1.29, 1.82) is 0 Å². The van der Waals surface area contributed by atoms with Crippen molar-refractivity contribution in [3.63, 3.8) is 0 Å². The molecule has 0 fully saturated rings. The Morgan fingerprint density at radius 3 is 2.50 bits per heavy atom. The Morgan fingerprint density at radius 2 is 1.80 bits per heavy atom. The predicted molar refractivity (Wildman–Crippen MR) is 120 cm³/mol. The molecule has 2 amide bonds. The number of hydrogen-bond donors (Lipinski definition) is 2. The molecule has 0 saturated heterocycles. The van der Waals surface area contributed by atoms with Gasteiger partial charge in [-0.05, 0) is 35.9 Å². The first-order chi connectivity index (χ1) is 14.5. The molecule has 0 radical (unpaired) electrons. The van der Waals surface area contributed by atoms with Gasteiger partial charge in [-0.1, -0.05) is 35.9 Å². The van der Waals surface area contributed by atoms with Gasteiger partial charge in [0.05, 0.1) is 5.69 Å². The number of hydrogen-bond acceptors (Lipinski definition) is 5. The monoisotopic (exact) mass is 437 g/mol. The quantitative estimate of drug-likeness (QED) is 0.442. The first kappa shape index (κ1) is 19.8. The molecule has 0 aliphatic rings. The number of aromatic nitrogens is 3.